The number of hydrogen-bond donors (Lipinski definition) is 3. The normalized spacial score (nSPS) is 43.5. The summed E-state index contributed by atoms with van der Waals surface area (Å²) < 4.78 is 28.8. The summed E-state index contributed by atoms with van der Waals surface area (Å²) in [5.74, 6) is -3.92. The number of hydrogen-bond acceptors (Lipinski definition) is 12. The molecular weight excluding hydrogens is 528 g/mol. The van der Waals surface area contributed by atoms with E-state index < -0.39 is 88.5 Å². The van der Waals surface area contributed by atoms with Crippen LogP contribution in [-0.2, 0) is 42.9 Å². The van der Waals surface area contributed by atoms with Crippen molar-refractivity contribution in [1.82, 2.24) is 0 Å². The van der Waals surface area contributed by atoms with E-state index in [1.165, 1.54) is 27.7 Å². The zero-order valence-electron chi connectivity index (χ0n) is 24.2. The molecule has 2 saturated carbocycles. The van der Waals surface area contributed by atoms with E-state index in [4.69, 9.17) is 23.7 Å². The molecule has 4 aliphatic rings. The molecular formula is C28H40O12. The Balaban J connectivity index is 2.08. The minimum absolute atomic E-state index is 0.0195. The summed E-state index contributed by atoms with van der Waals surface area (Å²) in [6.07, 6.45) is -8.14. The average Bonchev–Trinajstić information content (AvgIpc) is 3.58. The van der Waals surface area contributed by atoms with Gasteiger partial charge in [-0.05, 0) is 18.1 Å². The van der Waals surface area contributed by atoms with E-state index in [0.717, 1.165) is 0 Å². The van der Waals surface area contributed by atoms with E-state index in [1.54, 1.807) is 27.7 Å². The molecule has 3 aliphatic carbocycles. The Bertz CT molecular complexity index is 1140. The lowest BCUT2D eigenvalue weighted by Gasteiger charge is -2.64. The molecule has 0 aromatic carbocycles. The average molecular weight is 569 g/mol. The molecule has 1 saturated heterocycles. The summed E-state index contributed by atoms with van der Waals surface area (Å²) >= 11 is 0. The molecule has 0 unspecified atom stereocenters. The standard InChI is InChI=1S/C28H40O12/c1-12-17(37-13(2)29)10-28(35)23(34)22-26(8,18(33)9-19(38-14(3)30)27(22)11-36-27)24(40-16(5)32)21(39-15(4)31)20(12)25(28,6)7/h17-19,21-24,33-35H,9-11H2,1-8H3/t17-,18-,19-,21+,22-,23-,24-,26+,27-,28+/m0/s1. The first-order chi connectivity index (χ1) is 18.3. The molecule has 1 spiro atoms. The summed E-state index contributed by atoms with van der Waals surface area (Å²) in [7, 11) is 0. The Hall–Kier alpha value is -2.54. The van der Waals surface area contributed by atoms with Gasteiger partial charge < -0.3 is 39.0 Å². The number of epoxide rings is 1. The number of fused-ring (bicyclic) bond motifs is 4. The zero-order valence-corrected chi connectivity index (χ0v) is 24.2. The van der Waals surface area contributed by atoms with Gasteiger partial charge in [-0.25, -0.2) is 0 Å². The Morgan fingerprint density at radius 3 is 1.88 bits per heavy atom. The predicted octanol–water partition coefficient (Wildman–Crippen LogP) is 0.721. The number of carbonyl (C=O) groups is 4. The maximum absolute atomic E-state index is 12.6. The lowest BCUT2D eigenvalue weighted by molar-refractivity contribution is -0.279. The highest BCUT2D eigenvalue weighted by atomic mass is 16.6. The number of aliphatic hydroxyl groups is 3. The molecule has 0 amide bonds. The van der Waals surface area contributed by atoms with Gasteiger partial charge in [0.25, 0.3) is 0 Å². The van der Waals surface area contributed by atoms with Crippen molar-refractivity contribution < 1.29 is 58.2 Å². The monoisotopic (exact) mass is 568 g/mol. The molecule has 224 valence electrons. The highest BCUT2D eigenvalue weighted by Crippen LogP contribution is 2.65. The highest BCUT2D eigenvalue weighted by molar-refractivity contribution is 5.69. The molecule has 3 fully saturated rings. The third-order valence-corrected chi connectivity index (χ3v) is 9.71. The van der Waals surface area contributed by atoms with E-state index in [1.807, 2.05) is 0 Å². The first kappa shape index (κ1) is 30.4. The van der Waals surface area contributed by atoms with Crippen molar-refractivity contribution in [2.75, 3.05) is 6.61 Å². The van der Waals surface area contributed by atoms with Crippen molar-refractivity contribution in [3.8, 4) is 0 Å². The van der Waals surface area contributed by atoms with Gasteiger partial charge in [-0.3, -0.25) is 19.2 Å². The minimum Gasteiger partial charge on any atom is -0.459 e. The number of esters is 4. The van der Waals surface area contributed by atoms with E-state index in [9.17, 15) is 34.5 Å². The quantitative estimate of drug-likeness (QED) is 0.188. The molecule has 0 aromatic rings. The molecule has 12 heteroatoms. The van der Waals surface area contributed by atoms with Gasteiger partial charge in [0.1, 0.15) is 23.4 Å². The van der Waals surface area contributed by atoms with Crippen molar-refractivity contribution in [3.63, 3.8) is 0 Å². The molecule has 0 radical (unpaired) electrons. The van der Waals surface area contributed by atoms with Crippen LogP contribution in [0, 0.1) is 16.7 Å². The summed E-state index contributed by atoms with van der Waals surface area (Å²) in [5, 5.41) is 36.5. The third-order valence-electron chi connectivity index (χ3n) is 9.71. The second-order valence-corrected chi connectivity index (χ2v) is 12.4. The Morgan fingerprint density at radius 2 is 1.40 bits per heavy atom. The van der Waals surface area contributed by atoms with Gasteiger partial charge in [0.2, 0.25) is 0 Å². The van der Waals surface area contributed by atoms with Crippen LogP contribution in [0.1, 0.15) is 68.2 Å². The SMILES string of the molecule is CC(=O)O[C@H]1C[C@@]2(O)[C@@H](O)[C@@H]3[C@]4(CO4)[C@@H](OC(C)=O)C[C@H](O)[C@@]3(C)[C@@H](OC(C)=O)[C@H](OC(C)=O)C(=C1C)C2(C)C. The van der Waals surface area contributed by atoms with E-state index in [0.29, 0.717) is 11.1 Å². The van der Waals surface area contributed by atoms with Gasteiger partial charge >= 0.3 is 23.9 Å². The van der Waals surface area contributed by atoms with Crippen LogP contribution < -0.4 is 0 Å². The van der Waals surface area contributed by atoms with Crippen molar-refractivity contribution >= 4 is 23.9 Å². The number of carbonyl (C=O) groups excluding carboxylic acids is 4. The summed E-state index contributed by atoms with van der Waals surface area (Å²) in [4.78, 5) is 49.2. The fourth-order valence-electron chi connectivity index (χ4n) is 7.77. The van der Waals surface area contributed by atoms with Gasteiger partial charge in [-0.2, -0.15) is 0 Å². The zero-order chi connectivity index (χ0) is 30.2. The van der Waals surface area contributed by atoms with Gasteiger partial charge in [0.15, 0.2) is 12.2 Å². The first-order valence-electron chi connectivity index (χ1n) is 13.5. The number of ether oxygens (including phenoxy) is 5. The molecule has 1 heterocycles. The topological polar surface area (TPSA) is 178 Å². The summed E-state index contributed by atoms with van der Waals surface area (Å²) in [6.45, 7) is 11.4. The van der Waals surface area contributed by atoms with Crippen LogP contribution in [0.15, 0.2) is 11.1 Å². The first-order valence-corrected chi connectivity index (χ1v) is 13.5. The third kappa shape index (κ3) is 4.34. The Kier molecular flexibility index (Phi) is 7.44. The van der Waals surface area contributed by atoms with Gasteiger partial charge in [-0.15, -0.1) is 0 Å². The summed E-state index contributed by atoms with van der Waals surface area (Å²) in [6, 6.07) is 0. The second-order valence-electron chi connectivity index (χ2n) is 12.4. The Labute approximate surface area is 232 Å². The van der Waals surface area contributed by atoms with Crippen LogP contribution in [0.25, 0.3) is 0 Å². The summed E-state index contributed by atoms with van der Waals surface area (Å²) in [5.41, 5.74) is -5.56. The molecule has 4 rings (SSSR count). The van der Waals surface area contributed by atoms with Crippen molar-refractivity contribution in [3.05, 3.63) is 11.1 Å². The fraction of sp³-hybridized carbons (Fsp3) is 0.786. The van der Waals surface area contributed by atoms with Gasteiger partial charge in [-0.1, -0.05) is 20.8 Å². The smallest absolute Gasteiger partial charge is 0.303 e. The predicted molar refractivity (Wildman–Crippen MR) is 135 cm³/mol. The lowest BCUT2D eigenvalue weighted by atomic mass is 9.45. The van der Waals surface area contributed by atoms with Crippen LogP contribution in [0.3, 0.4) is 0 Å². The largest absolute Gasteiger partial charge is 0.459 e. The van der Waals surface area contributed by atoms with Gasteiger partial charge in [0, 0.05) is 57.3 Å². The molecule has 0 aromatic heterocycles. The highest BCUT2D eigenvalue weighted by Gasteiger charge is 2.78. The lowest BCUT2D eigenvalue weighted by Crippen LogP contribution is -2.76. The Morgan fingerprint density at radius 1 is 0.875 bits per heavy atom. The van der Waals surface area contributed by atoms with Crippen LogP contribution >= 0.6 is 0 Å². The van der Waals surface area contributed by atoms with E-state index in [-0.39, 0.29) is 19.4 Å². The van der Waals surface area contributed by atoms with Crippen LogP contribution in [0.4, 0.5) is 0 Å². The second kappa shape index (κ2) is 9.78. The van der Waals surface area contributed by atoms with Gasteiger partial charge in [0.05, 0.1) is 18.8 Å². The number of rotatable bonds is 4. The fourth-order valence-corrected chi connectivity index (χ4v) is 7.77. The van der Waals surface area contributed by atoms with Crippen molar-refractivity contribution in [1.29, 1.82) is 0 Å². The molecule has 1 aliphatic heterocycles. The molecule has 12 nitrogen and oxygen atoms in total. The maximum atomic E-state index is 12.6. The van der Waals surface area contributed by atoms with Crippen LogP contribution in [-0.4, -0.2) is 93.6 Å². The molecule has 3 N–H and O–H groups in total. The van der Waals surface area contributed by atoms with Crippen LogP contribution in [0.2, 0.25) is 0 Å². The van der Waals surface area contributed by atoms with E-state index in [2.05, 4.69) is 0 Å². The van der Waals surface area contributed by atoms with E-state index >= 15 is 0 Å². The number of aliphatic hydroxyl groups excluding tert-OH is 2. The maximum Gasteiger partial charge on any atom is 0.303 e. The van der Waals surface area contributed by atoms with Crippen molar-refractivity contribution in [2.45, 2.75) is 116 Å². The van der Waals surface area contributed by atoms with Crippen LogP contribution in [0.5, 0.6) is 0 Å². The molecule has 40 heavy (non-hydrogen) atoms. The van der Waals surface area contributed by atoms with Crippen molar-refractivity contribution in [2.24, 2.45) is 16.7 Å². The molecule has 10 atom stereocenters. The molecule has 2 bridgehead atoms. The minimum atomic E-state index is -2.04.